The summed E-state index contributed by atoms with van der Waals surface area (Å²) >= 11 is 0. The molecular weight excluding hydrogens is 302 g/mol. The van der Waals surface area contributed by atoms with Crippen LogP contribution >= 0.6 is 0 Å². The Kier molecular flexibility index (Phi) is 3.63. The summed E-state index contributed by atoms with van der Waals surface area (Å²) in [5.74, 6) is -1.16. The van der Waals surface area contributed by atoms with E-state index in [0.717, 1.165) is 0 Å². The van der Waals surface area contributed by atoms with Crippen molar-refractivity contribution in [1.82, 2.24) is 35.1 Å². The number of rotatable bonds is 4. The van der Waals surface area contributed by atoms with Crippen molar-refractivity contribution in [3.63, 3.8) is 0 Å². The summed E-state index contributed by atoms with van der Waals surface area (Å²) in [6, 6.07) is 3.61. The summed E-state index contributed by atoms with van der Waals surface area (Å²) in [7, 11) is 0. The molecule has 0 saturated heterocycles. The number of hydrogen-bond acceptors (Lipinski definition) is 7. The molecule has 0 aliphatic rings. The van der Waals surface area contributed by atoms with Crippen LogP contribution < -0.4 is 5.32 Å². The van der Waals surface area contributed by atoms with Crippen molar-refractivity contribution in [3.05, 3.63) is 36.3 Å². The first-order valence-corrected chi connectivity index (χ1v) is 6.60. The minimum Gasteiger partial charge on any atom is -0.480 e. The van der Waals surface area contributed by atoms with Gasteiger partial charge in [-0.15, -0.1) is 10.2 Å². The van der Waals surface area contributed by atoms with Gasteiger partial charge in [-0.2, -0.15) is 9.61 Å². The zero-order valence-corrected chi connectivity index (χ0v) is 11.9. The monoisotopic (exact) mass is 313 g/mol. The highest BCUT2D eigenvalue weighted by Crippen LogP contribution is 2.12. The van der Waals surface area contributed by atoms with Crippen LogP contribution in [0.4, 0.5) is 0 Å². The van der Waals surface area contributed by atoms with Crippen LogP contribution in [0, 0.1) is 0 Å². The van der Waals surface area contributed by atoms with Gasteiger partial charge in [0, 0.05) is 12.4 Å². The number of aromatic nitrogens is 6. The fourth-order valence-corrected chi connectivity index (χ4v) is 1.80. The summed E-state index contributed by atoms with van der Waals surface area (Å²) in [6.45, 7) is 1.36. The van der Waals surface area contributed by atoms with Crippen LogP contribution in [0.1, 0.15) is 17.4 Å². The highest BCUT2D eigenvalue weighted by atomic mass is 16.4. The first kappa shape index (κ1) is 14.5. The lowest BCUT2D eigenvalue weighted by Crippen LogP contribution is -2.38. The Morgan fingerprint density at radius 3 is 2.65 bits per heavy atom. The molecule has 23 heavy (non-hydrogen) atoms. The Morgan fingerprint density at radius 1 is 1.22 bits per heavy atom. The van der Waals surface area contributed by atoms with Gasteiger partial charge in [0.25, 0.3) is 5.91 Å². The number of fused-ring (bicyclic) bond motifs is 1. The predicted molar refractivity (Wildman–Crippen MR) is 76.4 cm³/mol. The molecule has 3 rings (SSSR count). The Bertz CT molecular complexity index is 878. The van der Waals surface area contributed by atoms with Crippen LogP contribution in [0.25, 0.3) is 17.3 Å². The van der Waals surface area contributed by atoms with E-state index in [9.17, 15) is 9.59 Å². The minimum atomic E-state index is -1.14. The van der Waals surface area contributed by atoms with Crippen LogP contribution in [0.15, 0.2) is 30.6 Å². The van der Waals surface area contributed by atoms with E-state index in [1.54, 1.807) is 24.5 Å². The van der Waals surface area contributed by atoms with E-state index in [2.05, 4.69) is 30.6 Å². The summed E-state index contributed by atoms with van der Waals surface area (Å²) in [4.78, 5) is 31.0. The van der Waals surface area contributed by atoms with E-state index < -0.39 is 17.9 Å². The van der Waals surface area contributed by atoms with E-state index in [1.165, 1.54) is 17.5 Å². The Morgan fingerprint density at radius 2 is 1.96 bits per heavy atom. The predicted octanol–water partition coefficient (Wildman–Crippen LogP) is -0.216. The number of nitrogens with zero attached hydrogens (tertiary/aromatic N) is 6. The van der Waals surface area contributed by atoms with Crippen LogP contribution in [0.5, 0.6) is 0 Å². The van der Waals surface area contributed by atoms with E-state index in [-0.39, 0.29) is 11.5 Å². The van der Waals surface area contributed by atoms with Gasteiger partial charge in [0.1, 0.15) is 11.7 Å². The first-order valence-electron chi connectivity index (χ1n) is 6.60. The fraction of sp³-hybridized carbons (Fsp3) is 0.154. The summed E-state index contributed by atoms with van der Waals surface area (Å²) in [5.41, 5.74) is 0.442. The average Bonchev–Trinajstić information content (AvgIpc) is 2.98. The Labute approximate surface area is 129 Å². The summed E-state index contributed by atoms with van der Waals surface area (Å²) in [6.07, 6.45) is 3.10. The molecule has 3 aromatic rings. The van der Waals surface area contributed by atoms with Crippen molar-refractivity contribution in [2.75, 3.05) is 0 Å². The summed E-state index contributed by atoms with van der Waals surface area (Å²) in [5, 5.41) is 23.2. The van der Waals surface area contributed by atoms with Crippen molar-refractivity contribution in [2.24, 2.45) is 0 Å². The van der Waals surface area contributed by atoms with Gasteiger partial charge in [0.05, 0.1) is 0 Å². The number of carbonyl (C=O) groups excluding carboxylic acids is 1. The number of hydrogen-bond donors (Lipinski definition) is 2. The Hall–Kier alpha value is -3.43. The molecule has 0 spiro atoms. The number of carboxylic acid groups (broad SMARTS) is 1. The van der Waals surface area contributed by atoms with Gasteiger partial charge < -0.3 is 10.4 Å². The van der Waals surface area contributed by atoms with Gasteiger partial charge in [-0.1, -0.05) is 0 Å². The SMILES string of the molecule is C[C@@H](NC(=O)c1ccc2nnc(-c3ncccn3)n2n1)C(=O)O. The number of carbonyl (C=O) groups is 2. The van der Waals surface area contributed by atoms with Crippen LogP contribution in [0.2, 0.25) is 0 Å². The third kappa shape index (κ3) is 2.81. The lowest BCUT2D eigenvalue weighted by atomic mass is 10.3. The zero-order valence-electron chi connectivity index (χ0n) is 11.9. The molecule has 3 aromatic heterocycles. The number of nitrogens with one attached hydrogen (secondary N) is 1. The van der Waals surface area contributed by atoms with Crippen molar-refractivity contribution in [3.8, 4) is 11.6 Å². The standard InChI is InChI=1S/C13H11N7O3/c1-7(13(22)23)16-12(21)8-3-4-9-17-18-11(20(9)19-8)10-14-5-2-6-15-10/h2-7H,1H3,(H,16,21)(H,22,23)/t7-/m1/s1. The molecule has 3 heterocycles. The number of aliphatic carboxylic acids is 1. The second kappa shape index (κ2) is 5.75. The maximum absolute atomic E-state index is 12.1. The maximum Gasteiger partial charge on any atom is 0.325 e. The molecule has 0 aliphatic carbocycles. The fourth-order valence-electron chi connectivity index (χ4n) is 1.80. The number of amides is 1. The maximum atomic E-state index is 12.1. The topological polar surface area (TPSA) is 135 Å². The van der Waals surface area contributed by atoms with Gasteiger partial charge in [-0.05, 0) is 25.1 Å². The third-order valence-corrected chi connectivity index (χ3v) is 2.98. The second-order valence-electron chi connectivity index (χ2n) is 4.62. The van der Waals surface area contributed by atoms with Crippen LogP contribution in [-0.4, -0.2) is 52.8 Å². The van der Waals surface area contributed by atoms with E-state index >= 15 is 0 Å². The average molecular weight is 313 g/mol. The normalized spacial score (nSPS) is 12.0. The lowest BCUT2D eigenvalue weighted by Gasteiger charge is -2.08. The summed E-state index contributed by atoms with van der Waals surface area (Å²) < 4.78 is 1.33. The van der Waals surface area contributed by atoms with Crippen molar-refractivity contribution in [1.29, 1.82) is 0 Å². The molecule has 1 amide bonds. The van der Waals surface area contributed by atoms with E-state index in [4.69, 9.17) is 5.11 Å². The van der Waals surface area contributed by atoms with Crippen LogP contribution in [-0.2, 0) is 4.79 Å². The van der Waals surface area contributed by atoms with Crippen LogP contribution in [0.3, 0.4) is 0 Å². The largest absolute Gasteiger partial charge is 0.480 e. The van der Waals surface area contributed by atoms with Gasteiger partial charge in [0.2, 0.25) is 5.82 Å². The van der Waals surface area contributed by atoms with Crippen molar-refractivity contribution < 1.29 is 14.7 Å². The van der Waals surface area contributed by atoms with E-state index in [1.807, 2.05) is 0 Å². The smallest absolute Gasteiger partial charge is 0.325 e. The molecule has 0 radical (unpaired) electrons. The molecule has 1 atom stereocenters. The van der Waals surface area contributed by atoms with Crippen molar-refractivity contribution in [2.45, 2.75) is 13.0 Å². The van der Waals surface area contributed by atoms with Gasteiger partial charge in [0.15, 0.2) is 11.5 Å². The third-order valence-electron chi connectivity index (χ3n) is 2.98. The lowest BCUT2D eigenvalue weighted by molar-refractivity contribution is -0.138. The highest BCUT2D eigenvalue weighted by molar-refractivity contribution is 5.94. The molecule has 0 aromatic carbocycles. The molecule has 116 valence electrons. The molecule has 10 nitrogen and oxygen atoms in total. The van der Waals surface area contributed by atoms with Gasteiger partial charge in [-0.3, -0.25) is 9.59 Å². The highest BCUT2D eigenvalue weighted by Gasteiger charge is 2.18. The first-order chi connectivity index (χ1) is 11.1. The molecule has 0 bridgehead atoms. The molecular formula is C13H11N7O3. The van der Waals surface area contributed by atoms with Gasteiger partial charge >= 0.3 is 5.97 Å². The molecule has 0 saturated carbocycles. The quantitative estimate of drug-likeness (QED) is 0.675. The van der Waals surface area contributed by atoms with Crippen molar-refractivity contribution >= 4 is 17.5 Å². The second-order valence-corrected chi connectivity index (χ2v) is 4.62. The molecule has 10 heteroatoms. The molecule has 0 fully saturated rings. The Balaban J connectivity index is 1.98. The minimum absolute atomic E-state index is 0.0302. The molecule has 0 aliphatic heterocycles. The van der Waals surface area contributed by atoms with Gasteiger partial charge in [-0.25, -0.2) is 9.97 Å². The molecule has 2 N–H and O–H groups in total. The molecule has 0 unspecified atom stereocenters. The van der Waals surface area contributed by atoms with E-state index in [0.29, 0.717) is 11.5 Å². The zero-order chi connectivity index (χ0) is 16.4. The number of carboxylic acids is 1.